The van der Waals surface area contributed by atoms with Crippen LogP contribution in [0.5, 0.6) is 0 Å². The van der Waals surface area contributed by atoms with Gasteiger partial charge in [-0.1, -0.05) is 12.1 Å². The Morgan fingerprint density at radius 2 is 1.78 bits per heavy atom. The number of piperidine rings is 1. The van der Waals surface area contributed by atoms with Crippen LogP contribution in [0.2, 0.25) is 0 Å². The topological polar surface area (TPSA) is 105 Å². The number of carbonyl (C=O) groups excluding carboxylic acids is 3. The molecule has 1 aliphatic rings. The van der Waals surface area contributed by atoms with E-state index in [4.69, 9.17) is 5.73 Å². The Kier molecular flexibility index (Phi) is 6.65. The number of para-hydroxylation sites is 1. The third-order valence-corrected chi connectivity index (χ3v) is 4.30. The molecule has 4 N–H and O–H groups in total. The summed E-state index contributed by atoms with van der Waals surface area (Å²) in [4.78, 5) is 37.0. The Morgan fingerprint density at radius 1 is 1.15 bits per heavy atom. The number of likely N-dealkylation sites (tertiary alicyclic amines) is 1. The van der Waals surface area contributed by atoms with E-state index < -0.39 is 18.6 Å². The van der Waals surface area contributed by atoms with Crippen LogP contribution in [-0.2, 0) is 9.59 Å². The molecule has 0 bridgehead atoms. The van der Waals surface area contributed by atoms with E-state index in [2.05, 4.69) is 5.32 Å². The smallest absolute Gasteiger partial charge is 0.376 e. The number of nitrogens with two attached hydrogens (primary N) is 1. The number of nitrogens with zero attached hydrogens (tertiary/aromatic N) is 1. The lowest BCUT2D eigenvalue weighted by Gasteiger charge is -2.30. The van der Waals surface area contributed by atoms with Crippen LogP contribution in [0.25, 0.3) is 0 Å². The molecule has 0 aliphatic carbocycles. The van der Waals surface area contributed by atoms with E-state index >= 15 is 0 Å². The van der Waals surface area contributed by atoms with Crippen LogP contribution in [0.4, 0.5) is 18.9 Å². The second-order valence-corrected chi connectivity index (χ2v) is 6.25. The predicted molar refractivity (Wildman–Crippen MR) is 91.8 cm³/mol. The summed E-state index contributed by atoms with van der Waals surface area (Å²) in [6.07, 6.45) is -3.51. The number of nitrogens with one attached hydrogen (secondary N) is 2. The van der Waals surface area contributed by atoms with Gasteiger partial charge in [0.1, 0.15) is 6.54 Å². The lowest BCUT2D eigenvalue weighted by atomic mass is 9.96. The van der Waals surface area contributed by atoms with Gasteiger partial charge in [-0.15, -0.1) is 0 Å². The van der Waals surface area contributed by atoms with Crippen molar-refractivity contribution >= 4 is 23.4 Å². The largest absolute Gasteiger partial charge is 0.405 e. The van der Waals surface area contributed by atoms with Crippen LogP contribution < -0.4 is 16.4 Å². The molecule has 2 rings (SSSR count). The van der Waals surface area contributed by atoms with Crippen molar-refractivity contribution in [2.75, 3.05) is 31.5 Å². The van der Waals surface area contributed by atoms with Gasteiger partial charge in [0, 0.05) is 24.7 Å². The van der Waals surface area contributed by atoms with Gasteiger partial charge in [-0.25, -0.2) is 0 Å². The van der Waals surface area contributed by atoms with Gasteiger partial charge in [0.15, 0.2) is 0 Å². The van der Waals surface area contributed by atoms with Crippen LogP contribution in [-0.4, -0.2) is 55.0 Å². The second kappa shape index (κ2) is 8.74. The van der Waals surface area contributed by atoms with Gasteiger partial charge >= 0.3 is 6.18 Å². The molecule has 0 atom stereocenters. The van der Waals surface area contributed by atoms with E-state index in [1.54, 1.807) is 16.3 Å². The van der Waals surface area contributed by atoms with Crippen LogP contribution >= 0.6 is 0 Å². The molecule has 3 amide bonds. The van der Waals surface area contributed by atoms with Crippen LogP contribution in [0.1, 0.15) is 23.2 Å². The molecule has 0 spiro atoms. The van der Waals surface area contributed by atoms with Crippen molar-refractivity contribution in [1.29, 1.82) is 0 Å². The SMILES string of the molecule is NC(=O)C1CCN(C(=O)CNc2ccccc2C(=O)NCC(F)(F)F)CC1. The number of hydrogen-bond donors (Lipinski definition) is 3. The molecule has 1 aromatic carbocycles. The first-order valence-electron chi connectivity index (χ1n) is 8.42. The molecule has 0 unspecified atom stereocenters. The molecule has 0 saturated carbocycles. The summed E-state index contributed by atoms with van der Waals surface area (Å²) in [6, 6.07) is 6.00. The van der Waals surface area contributed by atoms with Crippen molar-refractivity contribution in [1.82, 2.24) is 10.2 Å². The third kappa shape index (κ3) is 6.15. The van der Waals surface area contributed by atoms with E-state index in [-0.39, 0.29) is 35.5 Å². The third-order valence-electron chi connectivity index (χ3n) is 4.30. The van der Waals surface area contributed by atoms with Gasteiger partial charge in [-0.2, -0.15) is 13.2 Å². The number of amides is 3. The maximum atomic E-state index is 12.3. The molecule has 0 radical (unpaired) electrons. The Bertz CT molecular complexity index is 701. The summed E-state index contributed by atoms with van der Waals surface area (Å²) in [5, 5.41) is 4.60. The van der Waals surface area contributed by atoms with Crippen molar-refractivity contribution in [3.63, 3.8) is 0 Å². The first-order chi connectivity index (χ1) is 12.7. The molecule has 148 valence electrons. The number of carbonyl (C=O) groups is 3. The highest BCUT2D eigenvalue weighted by Crippen LogP contribution is 2.19. The van der Waals surface area contributed by atoms with Crippen LogP contribution in [0.15, 0.2) is 24.3 Å². The van der Waals surface area contributed by atoms with Gasteiger partial charge in [0.25, 0.3) is 5.91 Å². The average Bonchev–Trinajstić information content (AvgIpc) is 2.64. The quantitative estimate of drug-likeness (QED) is 0.681. The van der Waals surface area contributed by atoms with E-state index in [0.29, 0.717) is 25.9 Å². The molecule has 1 aromatic rings. The number of rotatable bonds is 6. The van der Waals surface area contributed by atoms with Crippen molar-refractivity contribution in [2.45, 2.75) is 19.0 Å². The lowest BCUT2D eigenvalue weighted by Crippen LogP contribution is -2.43. The first-order valence-corrected chi connectivity index (χ1v) is 8.42. The van der Waals surface area contributed by atoms with Crippen LogP contribution in [0, 0.1) is 5.92 Å². The fraction of sp³-hybridized carbons (Fsp3) is 0.471. The van der Waals surface area contributed by atoms with Gasteiger partial charge < -0.3 is 21.3 Å². The molecule has 10 heteroatoms. The van der Waals surface area contributed by atoms with Crippen molar-refractivity contribution in [3.05, 3.63) is 29.8 Å². The first kappa shape index (κ1) is 20.5. The Balaban J connectivity index is 1.91. The minimum Gasteiger partial charge on any atom is -0.376 e. The number of benzene rings is 1. The zero-order chi connectivity index (χ0) is 20.0. The normalized spacial score (nSPS) is 15.3. The highest BCUT2D eigenvalue weighted by molar-refractivity contribution is 6.00. The minimum atomic E-state index is -4.51. The highest BCUT2D eigenvalue weighted by Gasteiger charge is 2.28. The van der Waals surface area contributed by atoms with Gasteiger partial charge in [0.05, 0.1) is 12.1 Å². The van der Waals surface area contributed by atoms with Crippen molar-refractivity contribution < 1.29 is 27.6 Å². The number of anilines is 1. The summed E-state index contributed by atoms with van der Waals surface area (Å²) < 4.78 is 36.8. The van der Waals surface area contributed by atoms with E-state index in [9.17, 15) is 27.6 Å². The average molecular weight is 386 g/mol. The summed E-state index contributed by atoms with van der Waals surface area (Å²) in [6.45, 7) is -0.748. The van der Waals surface area contributed by atoms with E-state index in [0.717, 1.165) is 0 Å². The van der Waals surface area contributed by atoms with Gasteiger partial charge in [-0.3, -0.25) is 14.4 Å². The second-order valence-electron chi connectivity index (χ2n) is 6.25. The number of alkyl halides is 3. The molecule has 27 heavy (non-hydrogen) atoms. The summed E-state index contributed by atoms with van der Waals surface area (Å²) in [7, 11) is 0. The molecule has 0 aromatic heterocycles. The number of hydrogen-bond acceptors (Lipinski definition) is 4. The summed E-state index contributed by atoms with van der Waals surface area (Å²) in [5.74, 6) is -1.73. The highest BCUT2D eigenvalue weighted by atomic mass is 19.4. The zero-order valence-electron chi connectivity index (χ0n) is 14.5. The Morgan fingerprint density at radius 3 is 2.37 bits per heavy atom. The molecule has 1 fully saturated rings. The molecular formula is C17H21F3N4O3. The lowest BCUT2D eigenvalue weighted by molar-refractivity contribution is -0.133. The molecule has 1 saturated heterocycles. The monoisotopic (exact) mass is 386 g/mol. The van der Waals surface area contributed by atoms with E-state index in [1.807, 2.05) is 0 Å². The summed E-state index contributed by atoms with van der Waals surface area (Å²) in [5.41, 5.74) is 5.53. The predicted octanol–water partition coefficient (Wildman–Crippen LogP) is 1.11. The zero-order valence-corrected chi connectivity index (χ0v) is 14.5. The Hall–Kier alpha value is -2.78. The van der Waals surface area contributed by atoms with E-state index in [1.165, 1.54) is 18.2 Å². The number of halogens is 3. The van der Waals surface area contributed by atoms with Gasteiger partial charge in [0.2, 0.25) is 11.8 Å². The maximum absolute atomic E-state index is 12.3. The maximum Gasteiger partial charge on any atom is 0.405 e. The standard InChI is InChI=1S/C17H21F3N4O3/c18-17(19,20)10-23-16(27)12-3-1-2-4-13(12)22-9-14(25)24-7-5-11(6-8-24)15(21)26/h1-4,11,22H,5-10H2,(H2,21,26)(H,23,27). The minimum absolute atomic E-state index is 0.0157. The fourth-order valence-electron chi connectivity index (χ4n) is 2.81. The fourth-order valence-corrected chi connectivity index (χ4v) is 2.81. The molecule has 7 nitrogen and oxygen atoms in total. The van der Waals surface area contributed by atoms with Crippen LogP contribution in [0.3, 0.4) is 0 Å². The Labute approximate surface area is 154 Å². The van der Waals surface area contributed by atoms with Gasteiger partial charge in [-0.05, 0) is 25.0 Å². The van der Waals surface area contributed by atoms with Crippen molar-refractivity contribution in [2.24, 2.45) is 11.7 Å². The number of primary amides is 1. The molecular weight excluding hydrogens is 365 g/mol. The molecule has 1 heterocycles. The summed E-state index contributed by atoms with van der Waals surface area (Å²) >= 11 is 0. The molecule has 1 aliphatic heterocycles. The van der Waals surface area contributed by atoms with Crippen molar-refractivity contribution in [3.8, 4) is 0 Å².